The summed E-state index contributed by atoms with van der Waals surface area (Å²) in [6.07, 6.45) is 1.62. The van der Waals surface area contributed by atoms with E-state index >= 15 is 0 Å². The molecule has 0 radical (unpaired) electrons. The van der Waals surface area contributed by atoms with Crippen molar-refractivity contribution in [2.45, 2.75) is 0 Å². The molecule has 0 amide bonds. The number of aliphatic imine (C=N–C) groups is 1. The van der Waals surface area contributed by atoms with Crippen molar-refractivity contribution >= 4 is 23.5 Å². The zero-order valence-corrected chi connectivity index (χ0v) is 9.16. The Balaban J connectivity index is 2.18. The van der Waals surface area contributed by atoms with Crippen LogP contribution in [0.4, 0.5) is 10.1 Å². The Morgan fingerprint density at radius 2 is 1.81 bits per heavy atom. The van der Waals surface area contributed by atoms with Gasteiger partial charge in [-0.3, -0.25) is 4.99 Å². The van der Waals surface area contributed by atoms with Gasteiger partial charge >= 0.3 is 0 Å². The van der Waals surface area contributed by atoms with Crippen LogP contribution in [-0.2, 0) is 0 Å². The van der Waals surface area contributed by atoms with Gasteiger partial charge in [0.2, 0.25) is 0 Å². The summed E-state index contributed by atoms with van der Waals surface area (Å²) in [6.45, 7) is 0. The number of benzene rings is 2. The monoisotopic (exact) mass is 233 g/mol. The fourth-order valence-electron chi connectivity index (χ4n) is 1.26. The minimum absolute atomic E-state index is 0.264. The molecule has 0 aliphatic carbocycles. The highest BCUT2D eigenvalue weighted by molar-refractivity contribution is 6.30. The minimum atomic E-state index is -0.264. The zero-order valence-electron chi connectivity index (χ0n) is 8.40. The third-order valence-corrected chi connectivity index (χ3v) is 2.29. The number of hydrogen-bond acceptors (Lipinski definition) is 1. The molecule has 3 heteroatoms. The van der Waals surface area contributed by atoms with Gasteiger partial charge in [0, 0.05) is 11.2 Å². The predicted octanol–water partition coefficient (Wildman–Crippen LogP) is 4.23. The molecule has 0 heterocycles. The van der Waals surface area contributed by atoms with E-state index in [2.05, 4.69) is 4.99 Å². The lowest BCUT2D eigenvalue weighted by atomic mass is 10.2. The summed E-state index contributed by atoms with van der Waals surface area (Å²) in [6, 6.07) is 13.4. The highest BCUT2D eigenvalue weighted by Gasteiger charge is 1.92. The first kappa shape index (κ1) is 10.8. The predicted molar refractivity (Wildman–Crippen MR) is 65.1 cm³/mol. The highest BCUT2D eigenvalue weighted by Crippen LogP contribution is 2.16. The van der Waals surface area contributed by atoms with Crippen LogP contribution in [-0.4, -0.2) is 6.21 Å². The SMILES string of the molecule is Fc1cccc(C=Nc2ccc(Cl)cc2)c1. The molecular formula is C13H9ClFN. The molecular weight excluding hydrogens is 225 g/mol. The molecule has 0 aliphatic rings. The van der Waals surface area contributed by atoms with Crippen LogP contribution >= 0.6 is 11.6 Å². The summed E-state index contributed by atoms with van der Waals surface area (Å²) in [7, 11) is 0. The van der Waals surface area contributed by atoms with E-state index < -0.39 is 0 Å². The van der Waals surface area contributed by atoms with Crippen molar-refractivity contribution in [3.8, 4) is 0 Å². The summed E-state index contributed by atoms with van der Waals surface area (Å²) in [5.74, 6) is -0.264. The van der Waals surface area contributed by atoms with E-state index in [9.17, 15) is 4.39 Å². The van der Waals surface area contributed by atoms with E-state index in [1.165, 1.54) is 12.1 Å². The van der Waals surface area contributed by atoms with E-state index in [4.69, 9.17) is 11.6 Å². The van der Waals surface area contributed by atoms with Crippen molar-refractivity contribution in [2.24, 2.45) is 4.99 Å². The Morgan fingerprint density at radius 3 is 2.50 bits per heavy atom. The summed E-state index contributed by atoms with van der Waals surface area (Å²) in [4.78, 5) is 4.21. The fourth-order valence-corrected chi connectivity index (χ4v) is 1.39. The van der Waals surface area contributed by atoms with Crippen molar-refractivity contribution < 1.29 is 4.39 Å². The van der Waals surface area contributed by atoms with Gasteiger partial charge in [0.1, 0.15) is 5.82 Å². The third kappa shape index (κ3) is 2.91. The van der Waals surface area contributed by atoms with Crippen molar-refractivity contribution in [2.75, 3.05) is 0 Å². The Hall–Kier alpha value is -1.67. The topological polar surface area (TPSA) is 12.4 Å². The lowest BCUT2D eigenvalue weighted by Gasteiger charge is -1.95. The fraction of sp³-hybridized carbons (Fsp3) is 0. The molecule has 0 saturated carbocycles. The van der Waals surface area contributed by atoms with Gasteiger partial charge in [0.25, 0.3) is 0 Å². The van der Waals surface area contributed by atoms with E-state index in [0.717, 1.165) is 11.3 Å². The molecule has 2 rings (SSSR count). The van der Waals surface area contributed by atoms with Gasteiger partial charge in [-0.05, 0) is 42.0 Å². The molecule has 16 heavy (non-hydrogen) atoms. The van der Waals surface area contributed by atoms with Crippen LogP contribution in [0.5, 0.6) is 0 Å². The van der Waals surface area contributed by atoms with Gasteiger partial charge < -0.3 is 0 Å². The molecule has 80 valence electrons. The third-order valence-electron chi connectivity index (χ3n) is 2.04. The maximum Gasteiger partial charge on any atom is 0.123 e. The van der Waals surface area contributed by atoms with Gasteiger partial charge in [-0.25, -0.2) is 4.39 Å². The molecule has 0 atom stereocenters. The van der Waals surface area contributed by atoms with Crippen molar-refractivity contribution in [1.82, 2.24) is 0 Å². The summed E-state index contributed by atoms with van der Waals surface area (Å²) < 4.78 is 12.9. The molecule has 0 aromatic heterocycles. The van der Waals surface area contributed by atoms with Gasteiger partial charge in [0.15, 0.2) is 0 Å². The number of nitrogens with zero attached hydrogens (tertiary/aromatic N) is 1. The molecule has 0 fully saturated rings. The number of halogens is 2. The second-order valence-electron chi connectivity index (χ2n) is 3.29. The molecule has 1 nitrogen and oxygen atoms in total. The van der Waals surface area contributed by atoms with E-state index in [-0.39, 0.29) is 5.82 Å². The molecule has 0 spiro atoms. The zero-order chi connectivity index (χ0) is 11.4. The smallest absolute Gasteiger partial charge is 0.123 e. The molecule has 0 aliphatic heterocycles. The minimum Gasteiger partial charge on any atom is -0.256 e. The number of hydrogen-bond donors (Lipinski definition) is 0. The molecule has 0 saturated heterocycles. The number of rotatable bonds is 2. The average Bonchev–Trinajstić information content (AvgIpc) is 2.28. The molecule has 0 N–H and O–H groups in total. The van der Waals surface area contributed by atoms with Gasteiger partial charge in [-0.2, -0.15) is 0 Å². The summed E-state index contributed by atoms with van der Waals surface area (Å²) >= 11 is 5.75. The molecule has 0 unspecified atom stereocenters. The molecule has 0 bridgehead atoms. The Bertz CT molecular complexity index is 506. The quantitative estimate of drug-likeness (QED) is 0.689. The second-order valence-corrected chi connectivity index (χ2v) is 3.73. The highest BCUT2D eigenvalue weighted by atomic mass is 35.5. The first-order valence-corrected chi connectivity index (χ1v) is 5.17. The van der Waals surface area contributed by atoms with Crippen LogP contribution < -0.4 is 0 Å². The first-order chi connectivity index (χ1) is 7.74. The molecule has 2 aromatic carbocycles. The van der Waals surface area contributed by atoms with Crippen LogP contribution in [0.25, 0.3) is 0 Å². The van der Waals surface area contributed by atoms with Crippen molar-refractivity contribution in [1.29, 1.82) is 0 Å². The van der Waals surface area contributed by atoms with Gasteiger partial charge in [0.05, 0.1) is 5.69 Å². The van der Waals surface area contributed by atoms with Crippen LogP contribution in [0.3, 0.4) is 0 Å². The normalized spacial score (nSPS) is 10.9. The largest absolute Gasteiger partial charge is 0.256 e. The van der Waals surface area contributed by atoms with Crippen LogP contribution in [0.2, 0.25) is 5.02 Å². The lowest BCUT2D eigenvalue weighted by Crippen LogP contribution is -1.81. The summed E-state index contributed by atoms with van der Waals surface area (Å²) in [5, 5.41) is 0.671. The van der Waals surface area contributed by atoms with Crippen molar-refractivity contribution in [3.63, 3.8) is 0 Å². The average molecular weight is 234 g/mol. The maximum atomic E-state index is 12.9. The van der Waals surface area contributed by atoms with E-state index in [0.29, 0.717) is 5.02 Å². The Labute approximate surface area is 98.2 Å². The van der Waals surface area contributed by atoms with Gasteiger partial charge in [-0.1, -0.05) is 23.7 Å². The van der Waals surface area contributed by atoms with Crippen LogP contribution in [0.1, 0.15) is 5.56 Å². The van der Waals surface area contributed by atoms with Gasteiger partial charge in [-0.15, -0.1) is 0 Å². The first-order valence-electron chi connectivity index (χ1n) is 4.79. The standard InChI is InChI=1S/C13H9ClFN/c14-11-4-6-13(7-5-11)16-9-10-2-1-3-12(15)8-10/h1-9H. The Morgan fingerprint density at radius 1 is 1.06 bits per heavy atom. The Kier molecular flexibility index (Phi) is 3.32. The lowest BCUT2D eigenvalue weighted by molar-refractivity contribution is 0.627. The second kappa shape index (κ2) is 4.90. The van der Waals surface area contributed by atoms with Crippen molar-refractivity contribution in [3.05, 3.63) is 64.9 Å². The van der Waals surface area contributed by atoms with Crippen LogP contribution in [0, 0.1) is 5.82 Å². The summed E-state index contributed by atoms with van der Waals surface area (Å²) in [5.41, 5.74) is 1.52. The maximum absolute atomic E-state index is 12.9. The van der Waals surface area contributed by atoms with E-state index in [1.54, 1.807) is 42.6 Å². The molecule has 2 aromatic rings. The van der Waals surface area contributed by atoms with Crippen LogP contribution in [0.15, 0.2) is 53.5 Å². The van der Waals surface area contributed by atoms with E-state index in [1.807, 2.05) is 0 Å².